The van der Waals surface area contributed by atoms with E-state index in [9.17, 15) is 0 Å². The molecule has 14 heavy (non-hydrogen) atoms. The smallest absolute Gasteiger partial charge is 0.483 e. The molecule has 0 unspecified atom stereocenters. The van der Waals surface area contributed by atoms with Crippen molar-refractivity contribution in [1.29, 1.82) is 0 Å². The molecule has 0 saturated carbocycles. The van der Waals surface area contributed by atoms with Crippen molar-refractivity contribution in [3.63, 3.8) is 0 Å². The van der Waals surface area contributed by atoms with Crippen LogP contribution in [-0.2, 0) is 0 Å². The van der Waals surface area contributed by atoms with Crippen LogP contribution < -0.4 is 35.6 Å². The topological polar surface area (TPSA) is 64.1 Å². The van der Waals surface area contributed by atoms with E-state index in [0.717, 1.165) is 26.1 Å². The molecule has 0 spiro atoms. The second-order valence-electron chi connectivity index (χ2n) is 3.33. The van der Waals surface area contributed by atoms with Gasteiger partial charge in [-0.05, 0) is 32.5 Å². The van der Waals surface area contributed by atoms with Gasteiger partial charge < -0.3 is 16.8 Å². The SMILES string of the molecule is N[CH-]CCNCCCCCCCN.[Li+]. The molecule has 0 heterocycles. The Morgan fingerprint density at radius 2 is 1.57 bits per heavy atom. The number of nitrogens with two attached hydrogens (primary N) is 2. The first-order chi connectivity index (χ1) is 6.41. The predicted molar refractivity (Wildman–Crippen MR) is 58.1 cm³/mol. The molecule has 0 aliphatic rings. The second-order valence-corrected chi connectivity index (χ2v) is 3.33. The summed E-state index contributed by atoms with van der Waals surface area (Å²) in [6.45, 7) is 4.68. The zero-order chi connectivity index (χ0) is 9.78. The van der Waals surface area contributed by atoms with Crippen LogP contribution in [-0.4, -0.2) is 19.6 Å². The molecule has 4 heteroatoms. The van der Waals surface area contributed by atoms with Gasteiger partial charge in [-0.25, -0.2) is 0 Å². The van der Waals surface area contributed by atoms with Gasteiger partial charge in [-0.3, -0.25) is 6.54 Å². The summed E-state index contributed by atoms with van der Waals surface area (Å²) in [6.07, 6.45) is 7.34. The fraction of sp³-hybridized carbons (Fsp3) is 0.900. The molecule has 0 aliphatic heterocycles. The number of nitrogens with one attached hydrogen (secondary N) is 1. The summed E-state index contributed by atoms with van der Waals surface area (Å²) in [4.78, 5) is 0. The minimum absolute atomic E-state index is 0. The average molecular weight is 193 g/mol. The minimum atomic E-state index is 0. The molecule has 0 aromatic carbocycles. The van der Waals surface area contributed by atoms with E-state index in [2.05, 4.69) is 5.32 Å². The molecule has 0 radical (unpaired) electrons. The Labute approximate surface area is 101 Å². The van der Waals surface area contributed by atoms with Gasteiger partial charge in [-0.2, -0.15) is 6.42 Å². The van der Waals surface area contributed by atoms with Gasteiger partial charge in [-0.15, -0.1) is 0 Å². The van der Waals surface area contributed by atoms with Crippen molar-refractivity contribution in [1.82, 2.24) is 5.32 Å². The fourth-order valence-electron chi connectivity index (χ4n) is 1.24. The van der Waals surface area contributed by atoms with E-state index < -0.39 is 0 Å². The first kappa shape index (κ1) is 16.9. The first-order valence-electron chi connectivity index (χ1n) is 5.36. The molecule has 0 fully saturated rings. The number of unbranched alkanes of at least 4 members (excludes halogenated alkanes) is 4. The van der Waals surface area contributed by atoms with Gasteiger partial charge in [0, 0.05) is 0 Å². The van der Waals surface area contributed by atoms with Gasteiger partial charge in [0.25, 0.3) is 0 Å². The maximum Gasteiger partial charge on any atom is 1.00 e. The molecule has 0 aliphatic carbocycles. The minimum Gasteiger partial charge on any atom is -0.483 e. The third-order valence-electron chi connectivity index (χ3n) is 2.05. The molecule has 0 amide bonds. The van der Waals surface area contributed by atoms with Crippen LogP contribution in [0, 0.1) is 6.54 Å². The number of hydrogen-bond acceptors (Lipinski definition) is 3. The van der Waals surface area contributed by atoms with Crippen LogP contribution in [0.4, 0.5) is 0 Å². The molecule has 0 rings (SSSR count). The molecular formula is C10H24LiN3. The maximum absolute atomic E-state index is 5.40. The van der Waals surface area contributed by atoms with Gasteiger partial charge in [-0.1, -0.05) is 19.3 Å². The predicted octanol–water partition coefficient (Wildman–Crippen LogP) is -2.00. The van der Waals surface area contributed by atoms with E-state index in [-0.39, 0.29) is 18.9 Å². The van der Waals surface area contributed by atoms with E-state index in [1.807, 2.05) is 0 Å². The summed E-state index contributed by atoms with van der Waals surface area (Å²) in [7, 11) is 0. The maximum atomic E-state index is 5.40. The largest absolute Gasteiger partial charge is 1.00 e. The normalized spacial score (nSPS) is 9.86. The van der Waals surface area contributed by atoms with Crippen LogP contribution in [0.5, 0.6) is 0 Å². The van der Waals surface area contributed by atoms with Crippen molar-refractivity contribution in [2.45, 2.75) is 38.5 Å². The third-order valence-corrected chi connectivity index (χ3v) is 2.05. The summed E-state index contributed by atoms with van der Waals surface area (Å²) in [5.74, 6) is 0. The monoisotopic (exact) mass is 193 g/mol. The first-order valence-corrected chi connectivity index (χ1v) is 5.36. The summed E-state index contributed by atoms with van der Waals surface area (Å²) in [6, 6.07) is 0. The summed E-state index contributed by atoms with van der Waals surface area (Å²) in [5, 5.41) is 3.34. The van der Waals surface area contributed by atoms with E-state index >= 15 is 0 Å². The van der Waals surface area contributed by atoms with Crippen LogP contribution in [0.3, 0.4) is 0 Å². The Hall–Kier alpha value is 0.477. The van der Waals surface area contributed by atoms with Crippen LogP contribution in [0.25, 0.3) is 0 Å². The molecule has 80 valence electrons. The van der Waals surface area contributed by atoms with Gasteiger partial charge >= 0.3 is 18.9 Å². The Morgan fingerprint density at radius 3 is 2.21 bits per heavy atom. The molecule has 3 nitrogen and oxygen atoms in total. The zero-order valence-electron chi connectivity index (χ0n) is 9.60. The Morgan fingerprint density at radius 1 is 0.929 bits per heavy atom. The van der Waals surface area contributed by atoms with Crippen molar-refractivity contribution in [2.75, 3.05) is 19.6 Å². The Balaban J connectivity index is 0. The van der Waals surface area contributed by atoms with Gasteiger partial charge in [0.1, 0.15) is 0 Å². The number of hydrogen-bond donors (Lipinski definition) is 3. The molecule has 0 atom stereocenters. The van der Waals surface area contributed by atoms with Gasteiger partial charge in [0.15, 0.2) is 0 Å². The molecule has 0 aromatic rings. The zero-order valence-corrected chi connectivity index (χ0v) is 9.60. The quantitative estimate of drug-likeness (QED) is 0.214. The van der Waals surface area contributed by atoms with Gasteiger partial charge in [0.2, 0.25) is 0 Å². The van der Waals surface area contributed by atoms with Crippen molar-refractivity contribution >= 4 is 0 Å². The molecular weight excluding hydrogens is 169 g/mol. The summed E-state index contributed by atoms with van der Waals surface area (Å²) in [5.41, 5.74) is 10.6. The van der Waals surface area contributed by atoms with Crippen molar-refractivity contribution in [3.05, 3.63) is 6.54 Å². The number of rotatable bonds is 10. The Bertz CT molecular complexity index is 81.4. The van der Waals surface area contributed by atoms with Gasteiger partial charge in [0.05, 0.1) is 0 Å². The van der Waals surface area contributed by atoms with E-state index in [4.69, 9.17) is 11.5 Å². The van der Waals surface area contributed by atoms with E-state index in [0.29, 0.717) is 0 Å². The Kier molecular flexibility index (Phi) is 19.2. The molecule has 0 aromatic heterocycles. The van der Waals surface area contributed by atoms with Crippen LogP contribution in [0.2, 0.25) is 0 Å². The van der Waals surface area contributed by atoms with Crippen molar-refractivity contribution < 1.29 is 18.9 Å². The molecule has 5 N–H and O–H groups in total. The van der Waals surface area contributed by atoms with Crippen LogP contribution in [0.1, 0.15) is 38.5 Å². The molecule has 0 bridgehead atoms. The van der Waals surface area contributed by atoms with Crippen molar-refractivity contribution in [2.24, 2.45) is 11.5 Å². The van der Waals surface area contributed by atoms with E-state index in [1.54, 1.807) is 6.54 Å². The average Bonchev–Trinajstić information content (AvgIpc) is 2.16. The summed E-state index contributed by atoms with van der Waals surface area (Å²) < 4.78 is 0. The van der Waals surface area contributed by atoms with E-state index in [1.165, 1.54) is 32.1 Å². The second kappa shape index (κ2) is 15.9. The standard InChI is InChI=1S/C10H24N3.Li/c11-7-4-2-1-3-5-9-13-10-6-8-12;/h8,13H,1-7,9-12H2;/q-1;+1. The van der Waals surface area contributed by atoms with Crippen LogP contribution >= 0.6 is 0 Å². The van der Waals surface area contributed by atoms with Crippen molar-refractivity contribution in [3.8, 4) is 0 Å². The van der Waals surface area contributed by atoms with Crippen LogP contribution in [0.15, 0.2) is 0 Å². The summed E-state index contributed by atoms with van der Waals surface area (Å²) >= 11 is 0. The third kappa shape index (κ3) is 15.0. The fourth-order valence-corrected chi connectivity index (χ4v) is 1.24. The molecule has 0 saturated heterocycles.